The number of hydrogen-bond donors (Lipinski definition) is 3. The van der Waals surface area contributed by atoms with Crippen LogP contribution in [0.3, 0.4) is 0 Å². The van der Waals surface area contributed by atoms with Gasteiger partial charge in [-0.2, -0.15) is 0 Å². The summed E-state index contributed by atoms with van der Waals surface area (Å²) in [6.45, 7) is 1.95. The molecule has 0 saturated heterocycles. The Balaban J connectivity index is 1.90. The SMILES string of the molecule is CC(CCc1ccco1)NC(=O)c1cccnc1NN. The number of nitrogens with one attached hydrogen (secondary N) is 2. The molecule has 1 amide bonds. The molecule has 0 fully saturated rings. The Hall–Kier alpha value is -2.34. The molecule has 6 heteroatoms. The summed E-state index contributed by atoms with van der Waals surface area (Å²) in [6, 6.07) is 7.18. The van der Waals surface area contributed by atoms with Crippen LogP contribution in [0.5, 0.6) is 0 Å². The van der Waals surface area contributed by atoms with E-state index in [4.69, 9.17) is 10.3 Å². The number of carbonyl (C=O) groups excluding carboxylic acids is 1. The number of nitrogens with two attached hydrogens (primary N) is 1. The van der Waals surface area contributed by atoms with Crippen molar-refractivity contribution >= 4 is 11.7 Å². The van der Waals surface area contributed by atoms with Gasteiger partial charge in [-0.3, -0.25) is 4.79 Å². The third-order valence-electron chi connectivity index (χ3n) is 2.97. The maximum atomic E-state index is 12.1. The number of hydrazine groups is 1. The van der Waals surface area contributed by atoms with Crippen LogP contribution >= 0.6 is 0 Å². The molecule has 4 N–H and O–H groups in total. The van der Waals surface area contributed by atoms with E-state index in [1.807, 2.05) is 19.1 Å². The average Bonchev–Trinajstić information content (AvgIpc) is 2.98. The highest BCUT2D eigenvalue weighted by Gasteiger charge is 2.14. The molecule has 2 heterocycles. The molecule has 106 valence electrons. The van der Waals surface area contributed by atoms with E-state index in [0.29, 0.717) is 11.4 Å². The molecule has 0 aliphatic carbocycles. The van der Waals surface area contributed by atoms with Gasteiger partial charge in [0.2, 0.25) is 0 Å². The van der Waals surface area contributed by atoms with Crippen LogP contribution in [0.4, 0.5) is 5.82 Å². The predicted octanol–water partition coefficient (Wildman–Crippen LogP) is 1.71. The molecule has 2 aromatic heterocycles. The first kappa shape index (κ1) is 14.1. The molecule has 2 rings (SSSR count). The fourth-order valence-corrected chi connectivity index (χ4v) is 1.89. The molecular weight excluding hydrogens is 256 g/mol. The van der Waals surface area contributed by atoms with Gasteiger partial charge in [0.1, 0.15) is 5.76 Å². The zero-order chi connectivity index (χ0) is 14.4. The second-order valence-electron chi connectivity index (χ2n) is 4.54. The van der Waals surface area contributed by atoms with Crippen molar-refractivity contribution in [2.45, 2.75) is 25.8 Å². The summed E-state index contributed by atoms with van der Waals surface area (Å²) in [7, 11) is 0. The van der Waals surface area contributed by atoms with Gasteiger partial charge in [0.15, 0.2) is 5.82 Å². The van der Waals surface area contributed by atoms with Gasteiger partial charge in [0.05, 0.1) is 11.8 Å². The number of aromatic nitrogens is 1. The summed E-state index contributed by atoms with van der Waals surface area (Å²) in [4.78, 5) is 16.1. The first-order valence-electron chi connectivity index (χ1n) is 6.45. The van der Waals surface area contributed by atoms with Gasteiger partial charge in [0, 0.05) is 18.7 Å². The molecule has 0 spiro atoms. The maximum Gasteiger partial charge on any atom is 0.255 e. The van der Waals surface area contributed by atoms with Crippen LogP contribution in [0.2, 0.25) is 0 Å². The van der Waals surface area contributed by atoms with Gasteiger partial charge >= 0.3 is 0 Å². The summed E-state index contributed by atoms with van der Waals surface area (Å²) in [5, 5.41) is 2.92. The number of nitrogen functional groups attached to an aromatic ring is 1. The number of carbonyl (C=O) groups is 1. The van der Waals surface area contributed by atoms with Crippen LogP contribution in [0, 0.1) is 0 Å². The van der Waals surface area contributed by atoms with E-state index in [1.165, 1.54) is 0 Å². The quantitative estimate of drug-likeness (QED) is 0.551. The Bertz CT molecular complexity index is 554. The molecule has 0 radical (unpaired) electrons. The number of aryl methyl sites for hydroxylation is 1. The molecular formula is C14H18N4O2. The second-order valence-corrected chi connectivity index (χ2v) is 4.54. The number of rotatable bonds is 6. The smallest absolute Gasteiger partial charge is 0.255 e. The van der Waals surface area contributed by atoms with Crippen molar-refractivity contribution in [2.24, 2.45) is 5.84 Å². The zero-order valence-electron chi connectivity index (χ0n) is 11.3. The van der Waals surface area contributed by atoms with Crippen LogP contribution in [-0.2, 0) is 6.42 Å². The van der Waals surface area contributed by atoms with E-state index in [2.05, 4.69) is 15.7 Å². The lowest BCUT2D eigenvalue weighted by molar-refractivity contribution is 0.0938. The Kier molecular flexibility index (Phi) is 4.73. The van der Waals surface area contributed by atoms with Gasteiger partial charge in [-0.15, -0.1) is 0 Å². The largest absolute Gasteiger partial charge is 0.469 e. The van der Waals surface area contributed by atoms with E-state index in [-0.39, 0.29) is 11.9 Å². The van der Waals surface area contributed by atoms with Gasteiger partial charge in [-0.25, -0.2) is 10.8 Å². The summed E-state index contributed by atoms with van der Waals surface area (Å²) in [6.07, 6.45) is 4.80. The van der Waals surface area contributed by atoms with Gasteiger partial charge in [-0.05, 0) is 37.6 Å². The fourth-order valence-electron chi connectivity index (χ4n) is 1.89. The lowest BCUT2D eigenvalue weighted by Crippen LogP contribution is -2.33. The number of hydrogen-bond acceptors (Lipinski definition) is 5. The summed E-state index contributed by atoms with van der Waals surface area (Å²) < 4.78 is 5.26. The molecule has 1 unspecified atom stereocenters. The molecule has 6 nitrogen and oxygen atoms in total. The van der Waals surface area contributed by atoms with Crippen LogP contribution < -0.4 is 16.6 Å². The van der Waals surface area contributed by atoms with Gasteiger partial charge in [0.25, 0.3) is 5.91 Å². The summed E-state index contributed by atoms with van der Waals surface area (Å²) in [5.74, 6) is 6.42. The number of amides is 1. The predicted molar refractivity (Wildman–Crippen MR) is 76.0 cm³/mol. The van der Waals surface area contributed by atoms with E-state index in [0.717, 1.165) is 18.6 Å². The lowest BCUT2D eigenvalue weighted by atomic mass is 10.1. The minimum absolute atomic E-state index is 0.0263. The van der Waals surface area contributed by atoms with Crippen LogP contribution in [-0.4, -0.2) is 16.9 Å². The highest BCUT2D eigenvalue weighted by atomic mass is 16.3. The molecule has 0 bridgehead atoms. The molecule has 0 aliphatic rings. The number of anilines is 1. The standard InChI is InChI=1S/C14H18N4O2/c1-10(6-7-11-4-3-9-20-11)17-14(19)12-5-2-8-16-13(12)18-15/h2-5,8-10H,6-7,15H2,1H3,(H,16,18)(H,17,19). The van der Waals surface area contributed by atoms with Gasteiger partial charge < -0.3 is 15.2 Å². The molecule has 0 aromatic carbocycles. The maximum absolute atomic E-state index is 12.1. The zero-order valence-corrected chi connectivity index (χ0v) is 11.3. The van der Waals surface area contributed by atoms with Crippen LogP contribution in [0.25, 0.3) is 0 Å². The van der Waals surface area contributed by atoms with Crippen molar-refractivity contribution in [1.29, 1.82) is 0 Å². The average molecular weight is 274 g/mol. The van der Waals surface area contributed by atoms with Crippen molar-refractivity contribution in [1.82, 2.24) is 10.3 Å². The Labute approximate surface area is 117 Å². The molecule has 0 aliphatic heterocycles. The number of pyridine rings is 1. The highest BCUT2D eigenvalue weighted by molar-refractivity contribution is 5.98. The third kappa shape index (κ3) is 3.58. The monoisotopic (exact) mass is 274 g/mol. The Morgan fingerprint density at radius 3 is 3.00 bits per heavy atom. The van der Waals surface area contributed by atoms with Crippen LogP contribution in [0.15, 0.2) is 41.1 Å². The topological polar surface area (TPSA) is 93.2 Å². The van der Waals surface area contributed by atoms with Crippen molar-refractivity contribution in [2.75, 3.05) is 5.43 Å². The first-order chi connectivity index (χ1) is 9.70. The lowest BCUT2D eigenvalue weighted by Gasteiger charge is -2.14. The van der Waals surface area contributed by atoms with Crippen LogP contribution in [0.1, 0.15) is 29.5 Å². The minimum Gasteiger partial charge on any atom is -0.469 e. The van der Waals surface area contributed by atoms with E-state index < -0.39 is 0 Å². The first-order valence-corrected chi connectivity index (χ1v) is 6.45. The molecule has 2 aromatic rings. The molecule has 1 atom stereocenters. The Morgan fingerprint density at radius 2 is 2.30 bits per heavy atom. The minimum atomic E-state index is -0.196. The van der Waals surface area contributed by atoms with Gasteiger partial charge in [-0.1, -0.05) is 0 Å². The van der Waals surface area contributed by atoms with E-state index in [1.54, 1.807) is 24.6 Å². The summed E-state index contributed by atoms with van der Waals surface area (Å²) in [5.41, 5.74) is 2.85. The number of nitrogens with zero attached hydrogens (tertiary/aromatic N) is 1. The fraction of sp³-hybridized carbons (Fsp3) is 0.286. The highest BCUT2D eigenvalue weighted by Crippen LogP contribution is 2.11. The molecule has 0 saturated carbocycles. The van der Waals surface area contributed by atoms with Crippen molar-refractivity contribution in [3.05, 3.63) is 48.0 Å². The van der Waals surface area contributed by atoms with E-state index in [9.17, 15) is 4.79 Å². The third-order valence-corrected chi connectivity index (χ3v) is 2.97. The number of furan rings is 1. The normalized spacial score (nSPS) is 11.9. The van der Waals surface area contributed by atoms with Crippen molar-refractivity contribution < 1.29 is 9.21 Å². The second kappa shape index (κ2) is 6.72. The van der Waals surface area contributed by atoms with Crippen molar-refractivity contribution in [3.63, 3.8) is 0 Å². The molecule has 20 heavy (non-hydrogen) atoms. The van der Waals surface area contributed by atoms with E-state index >= 15 is 0 Å². The Morgan fingerprint density at radius 1 is 1.45 bits per heavy atom. The van der Waals surface area contributed by atoms with Crippen molar-refractivity contribution in [3.8, 4) is 0 Å². The summed E-state index contributed by atoms with van der Waals surface area (Å²) >= 11 is 0.